The number of thiocarbonyl (C=S) groups is 1. The van der Waals surface area contributed by atoms with E-state index < -0.39 is 12.0 Å². The van der Waals surface area contributed by atoms with Crippen LogP contribution < -0.4 is 0 Å². The molecule has 0 aromatic heterocycles. The Morgan fingerprint density at radius 1 is 1.19 bits per heavy atom. The zero-order valence-corrected chi connectivity index (χ0v) is 15.7. The van der Waals surface area contributed by atoms with Crippen molar-refractivity contribution < 1.29 is 14.7 Å². The van der Waals surface area contributed by atoms with E-state index in [2.05, 4.69) is 0 Å². The van der Waals surface area contributed by atoms with Gasteiger partial charge in [-0.1, -0.05) is 78.6 Å². The Kier molecular flexibility index (Phi) is 5.54. The highest BCUT2D eigenvalue weighted by atomic mass is 32.2. The molecule has 0 spiro atoms. The smallest absolute Gasteiger partial charge is 0.327 e. The van der Waals surface area contributed by atoms with E-state index in [1.165, 1.54) is 4.90 Å². The van der Waals surface area contributed by atoms with Crippen molar-refractivity contribution in [3.05, 3.63) is 76.2 Å². The van der Waals surface area contributed by atoms with E-state index in [9.17, 15) is 14.7 Å². The van der Waals surface area contributed by atoms with E-state index in [1.807, 2.05) is 61.5 Å². The number of aryl methyl sites for hydroxylation is 1. The van der Waals surface area contributed by atoms with Gasteiger partial charge in [-0.15, -0.1) is 0 Å². The molecule has 2 aromatic rings. The fraction of sp³-hybridized carbons (Fsp3) is 0.150. The Bertz CT molecular complexity index is 893. The Hall–Kier alpha value is -2.44. The van der Waals surface area contributed by atoms with Crippen molar-refractivity contribution in [3.63, 3.8) is 0 Å². The molecule has 4 nitrogen and oxygen atoms in total. The van der Waals surface area contributed by atoms with Crippen molar-refractivity contribution in [1.82, 2.24) is 4.90 Å². The number of carboxylic acids is 1. The second kappa shape index (κ2) is 7.85. The molecule has 2 aromatic carbocycles. The van der Waals surface area contributed by atoms with E-state index in [0.29, 0.717) is 4.91 Å². The zero-order chi connectivity index (χ0) is 18.7. The molecule has 1 saturated heterocycles. The van der Waals surface area contributed by atoms with E-state index in [-0.39, 0.29) is 16.6 Å². The summed E-state index contributed by atoms with van der Waals surface area (Å²) in [4.78, 5) is 26.3. The van der Waals surface area contributed by atoms with Crippen LogP contribution in [0, 0.1) is 6.92 Å². The lowest BCUT2D eigenvalue weighted by Gasteiger charge is -2.23. The van der Waals surface area contributed by atoms with Crippen molar-refractivity contribution in [2.45, 2.75) is 19.4 Å². The number of thioether (sulfide) groups is 1. The second-order valence-electron chi connectivity index (χ2n) is 5.95. The number of carbonyl (C=O) groups excluding carboxylic acids is 1. The average Bonchev–Trinajstić information content (AvgIpc) is 2.89. The van der Waals surface area contributed by atoms with Gasteiger partial charge in [-0.25, -0.2) is 4.79 Å². The van der Waals surface area contributed by atoms with Crippen LogP contribution in [0.1, 0.15) is 16.7 Å². The van der Waals surface area contributed by atoms with Crippen LogP contribution in [0.15, 0.2) is 59.5 Å². The van der Waals surface area contributed by atoms with Crippen molar-refractivity contribution in [1.29, 1.82) is 0 Å². The van der Waals surface area contributed by atoms with Gasteiger partial charge in [-0.05, 0) is 29.7 Å². The van der Waals surface area contributed by atoms with Crippen molar-refractivity contribution in [2.24, 2.45) is 0 Å². The molecule has 1 aliphatic heterocycles. The molecule has 26 heavy (non-hydrogen) atoms. The first-order chi connectivity index (χ1) is 12.5. The highest BCUT2D eigenvalue weighted by Gasteiger charge is 2.40. The second-order valence-corrected chi connectivity index (χ2v) is 7.63. The van der Waals surface area contributed by atoms with Gasteiger partial charge < -0.3 is 5.11 Å². The number of carbonyl (C=O) groups is 2. The first-order valence-corrected chi connectivity index (χ1v) is 9.29. The van der Waals surface area contributed by atoms with Gasteiger partial charge >= 0.3 is 5.97 Å². The maximum absolute atomic E-state index is 12.9. The van der Waals surface area contributed by atoms with Gasteiger partial charge in [0.25, 0.3) is 5.91 Å². The van der Waals surface area contributed by atoms with Gasteiger partial charge in [0.05, 0.1) is 4.91 Å². The van der Waals surface area contributed by atoms with Crippen LogP contribution in [0.5, 0.6) is 0 Å². The highest BCUT2D eigenvalue weighted by Crippen LogP contribution is 2.35. The third-order valence-electron chi connectivity index (χ3n) is 4.17. The fourth-order valence-electron chi connectivity index (χ4n) is 2.76. The van der Waals surface area contributed by atoms with Crippen LogP contribution in [0.25, 0.3) is 6.08 Å². The number of benzene rings is 2. The minimum atomic E-state index is -1.07. The van der Waals surface area contributed by atoms with Gasteiger partial charge in [0.2, 0.25) is 0 Å². The quantitative estimate of drug-likeness (QED) is 0.627. The topological polar surface area (TPSA) is 57.6 Å². The number of aliphatic carboxylic acids is 1. The molecular weight excluding hydrogens is 366 g/mol. The summed E-state index contributed by atoms with van der Waals surface area (Å²) in [5.74, 6) is -1.42. The Morgan fingerprint density at radius 3 is 2.50 bits per heavy atom. The molecule has 1 amide bonds. The summed E-state index contributed by atoms with van der Waals surface area (Å²) in [5.41, 5.74) is 2.80. The highest BCUT2D eigenvalue weighted by molar-refractivity contribution is 8.26. The molecule has 0 radical (unpaired) electrons. The van der Waals surface area contributed by atoms with Crippen LogP contribution in [0.4, 0.5) is 0 Å². The normalized spacial score (nSPS) is 17.0. The van der Waals surface area contributed by atoms with Gasteiger partial charge in [-0.3, -0.25) is 9.69 Å². The molecule has 1 N–H and O–H groups in total. The van der Waals surface area contributed by atoms with Gasteiger partial charge in [-0.2, -0.15) is 0 Å². The third kappa shape index (κ3) is 3.86. The maximum Gasteiger partial charge on any atom is 0.327 e. The van der Waals surface area contributed by atoms with E-state index in [1.54, 1.807) is 6.08 Å². The molecule has 1 atom stereocenters. The molecule has 1 fully saturated rings. The number of nitrogens with zero attached hydrogens (tertiary/aromatic N) is 1. The Balaban J connectivity index is 1.89. The number of hydrogen-bond donors (Lipinski definition) is 1. The molecule has 132 valence electrons. The van der Waals surface area contributed by atoms with Crippen LogP contribution in [0.2, 0.25) is 0 Å². The summed E-state index contributed by atoms with van der Waals surface area (Å²) in [6.45, 7) is 1.96. The predicted octanol–water partition coefficient (Wildman–Crippen LogP) is 3.89. The SMILES string of the molecule is Cc1ccccc1/C=C1\SC(=S)N([C@@H](Cc2ccccc2)C(=O)O)C1=O. The molecule has 3 rings (SSSR count). The van der Waals surface area contributed by atoms with Crippen LogP contribution in [-0.2, 0) is 16.0 Å². The van der Waals surface area contributed by atoms with Crippen LogP contribution >= 0.6 is 24.0 Å². The van der Waals surface area contributed by atoms with E-state index in [4.69, 9.17) is 12.2 Å². The monoisotopic (exact) mass is 383 g/mol. The lowest BCUT2D eigenvalue weighted by atomic mass is 10.0. The molecule has 6 heteroatoms. The molecule has 0 aliphatic carbocycles. The van der Waals surface area contributed by atoms with Gasteiger partial charge in [0, 0.05) is 6.42 Å². The summed E-state index contributed by atoms with van der Waals surface area (Å²) < 4.78 is 0.276. The first-order valence-electron chi connectivity index (χ1n) is 8.07. The largest absolute Gasteiger partial charge is 0.480 e. The first kappa shape index (κ1) is 18.4. The van der Waals surface area contributed by atoms with Crippen LogP contribution in [-0.4, -0.2) is 32.2 Å². The third-order valence-corrected chi connectivity index (χ3v) is 5.50. The molecule has 1 aliphatic rings. The minimum Gasteiger partial charge on any atom is -0.480 e. The molecule has 0 unspecified atom stereocenters. The number of amides is 1. The summed E-state index contributed by atoms with van der Waals surface area (Å²) in [5, 5.41) is 9.67. The summed E-state index contributed by atoms with van der Waals surface area (Å²) in [6.07, 6.45) is 1.98. The maximum atomic E-state index is 12.9. The number of rotatable bonds is 5. The predicted molar refractivity (Wildman–Crippen MR) is 108 cm³/mol. The summed E-state index contributed by atoms with van der Waals surface area (Å²) in [6, 6.07) is 15.9. The van der Waals surface area contributed by atoms with Gasteiger partial charge in [0.15, 0.2) is 0 Å². The molecular formula is C20H17NO3S2. The lowest BCUT2D eigenvalue weighted by molar-refractivity contribution is -0.145. The summed E-state index contributed by atoms with van der Waals surface area (Å²) >= 11 is 6.47. The average molecular weight is 383 g/mol. The van der Waals surface area contributed by atoms with E-state index in [0.717, 1.165) is 28.5 Å². The summed E-state index contributed by atoms with van der Waals surface area (Å²) in [7, 11) is 0. The lowest BCUT2D eigenvalue weighted by Crippen LogP contribution is -2.45. The number of hydrogen-bond acceptors (Lipinski definition) is 4. The fourth-order valence-corrected chi connectivity index (χ4v) is 4.11. The van der Waals surface area contributed by atoms with Crippen LogP contribution in [0.3, 0.4) is 0 Å². The standard InChI is InChI=1S/C20H17NO3S2/c1-13-7-5-6-10-15(13)12-17-18(22)21(20(25)26-17)16(19(23)24)11-14-8-3-2-4-9-14/h2-10,12,16H,11H2,1H3,(H,23,24)/b17-12-/t16-/m0/s1. The zero-order valence-electron chi connectivity index (χ0n) is 14.1. The molecule has 1 heterocycles. The Morgan fingerprint density at radius 2 is 1.85 bits per heavy atom. The Labute approximate surface area is 161 Å². The van der Waals surface area contributed by atoms with Crippen molar-refractivity contribution in [2.75, 3.05) is 0 Å². The van der Waals surface area contributed by atoms with Crippen molar-refractivity contribution >= 4 is 46.3 Å². The molecule has 0 bridgehead atoms. The van der Waals surface area contributed by atoms with Crippen molar-refractivity contribution in [3.8, 4) is 0 Å². The molecule has 0 saturated carbocycles. The van der Waals surface area contributed by atoms with Gasteiger partial charge in [0.1, 0.15) is 10.4 Å². The number of carboxylic acid groups (broad SMARTS) is 1. The van der Waals surface area contributed by atoms with E-state index >= 15 is 0 Å². The minimum absolute atomic E-state index is 0.209.